The molecule has 0 spiro atoms. The highest BCUT2D eigenvalue weighted by molar-refractivity contribution is 5.71. The molecule has 0 amide bonds. The molecule has 7 heteroatoms. The van der Waals surface area contributed by atoms with Gasteiger partial charge in [0.15, 0.2) is 5.82 Å². The SMILES string of the molecule is O=C(O)[C@@H]1CCCN(c2cc(-n3cccn3)ncn2)C1. The molecule has 3 rings (SSSR count). The molecule has 7 nitrogen and oxygen atoms in total. The third-order valence-electron chi connectivity index (χ3n) is 3.47. The first-order valence-corrected chi connectivity index (χ1v) is 6.54. The molecule has 0 unspecified atom stereocenters. The average molecular weight is 273 g/mol. The normalized spacial score (nSPS) is 19.0. The van der Waals surface area contributed by atoms with E-state index >= 15 is 0 Å². The summed E-state index contributed by atoms with van der Waals surface area (Å²) in [6.45, 7) is 1.31. The van der Waals surface area contributed by atoms with E-state index in [0.717, 1.165) is 25.2 Å². The number of anilines is 1. The summed E-state index contributed by atoms with van der Waals surface area (Å²) in [4.78, 5) is 21.5. The van der Waals surface area contributed by atoms with Crippen LogP contribution in [0.15, 0.2) is 30.9 Å². The fraction of sp³-hybridized carbons (Fsp3) is 0.385. The molecule has 0 bridgehead atoms. The van der Waals surface area contributed by atoms with E-state index in [-0.39, 0.29) is 5.92 Å². The van der Waals surface area contributed by atoms with Crippen molar-refractivity contribution in [3.8, 4) is 5.82 Å². The number of aliphatic carboxylic acids is 1. The van der Waals surface area contributed by atoms with Crippen molar-refractivity contribution in [2.45, 2.75) is 12.8 Å². The molecule has 3 heterocycles. The van der Waals surface area contributed by atoms with E-state index in [2.05, 4.69) is 15.1 Å². The molecular formula is C13H15N5O2. The van der Waals surface area contributed by atoms with Gasteiger partial charge in [-0.1, -0.05) is 0 Å². The molecule has 2 aromatic heterocycles. The van der Waals surface area contributed by atoms with Crippen LogP contribution in [0.3, 0.4) is 0 Å². The van der Waals surface area contributed by atoms with Gasteiger partial charge in [0.2, 0.25) is 0 Å². The molecule has 1 fully saturated rings. The number of piperidine rings is 1. The quantitative estimate of drug-likeness (QED) is 0.896. The third kappa shape index (κ3) is 2.47. The van der Waals surface area contributed by atoms with Gasteiger partial charge in [0, 0.05) is 31.5 Å². The zero-order chi connectivity index (χ0) is 13.9. The zero-order valence-corrected chi connectivity index (χ0v) is 10.9. The molecule has 0 aliphatic carbocycles. The number of nitrogens with zero attached hydrogens (tertiary/aromatic N) is 5. The van der Waals surface area contributed by atoms with Crippen molar-refractivity contribution < 1.29 is 9.90 Å². The molecule has 1 N–H and O–H groups in total. The van der Waals surface area contributed by atoms with E-state index in [1.165, 1.54) is 6.33 Å². The summed E-state index contributed by atoms with van der Waals surface area (Å²) in [7, 11) is 0. The van der Waals surface area contributed by atoms with Crippen molar-refractivity contribution in [1.29, 1.82) is 0 Å². The van der Waals surface area contributed by atoms with E-state index in [1.807, 2.05) is 23.2 Å². The monoisotopic (exact) mass is 273 g/mol. The number of rotatable bonds is 3. The van der Waals surface area contributed by atoms with Crippen LogP contribution in [0.2, 0.25) is 0 Å². The van der Waals surface area contributed by atoms with Crippen LogP contribution >= 0.6 is 0 Å². The Labute approximate surface area is 115 Å². The van der Waals surface area contributed by atoms with Gasteiger partial charge in [-0.05, 0) is 18.9 Å². The molecule has 0 aromatic carbocycles. The standard InChI is InChI=1S/C13H15N5O2/c19-13(20)10-3-1-5-17(8-10)11-7-12(15-9-14-11)18-6-2-4-16-18/h2,4,6-7,9-10H,1,3,5,8H2,(H,19,20)/t10-/m1/s1. The lowest BCUT2D eigenvalue weighted by Gasteiger charge is -2.31. The van der Waals surface area contributed by atoms with Crippen LogP contribution < -0.4 is 4.90 Å². The fourth-order valence-electron chi connectivity index (χ4n) is 2.43. The molecular weight excluding hydrogens is 258 g/mol. The van der Waals surface area contributed by atoms with Gasteiger partial charge >= 0.3 is 5.97 Å². The summed E-state index contributed by atoms with van der Waals surface area (Å²) < 4.78 is 1.66. The summed E-state index contributed by atoms with van der Waals surface area (Å²) in [5.74, 6) is 0.358. The van der Waals surface area contributed by atoms with Crippen LogP contribution in [0.4, 0.5) is 5.82 Å². The molecule has 2 aromatic rings. The second-order valence-electron chi connectivity index (χ2n) is 4.81. The minimum absolute atomic E-state index is 0.327. The van der Waals surface area contributed by atoms with E-state index in [0.29, 0.717) is 12.4 Å². The molecule has 104 valence electrons. The molecule has 0 saturated carbocycles. The van der Waals surface area contributed by atoms with Crippen molar-refractivity contribution in [2.75, 3.05) is 18.0 Å². The molecule has 1 aliphatic heterocycles. The first kappa shape index (κ1) is 12.6. The predicted octanol–water partition coefficient (Wildman–Crippen LogP) is 0.963. The highest BCUT2D eigenvalue weighted by Crippen LogP contribution is 2.22. The maximum absolute atomic E-state index is 11.1. The molecule has 20 heavy (non-hydrogen) atoms. The fourth-order valence-corrected chi connectivity index (χ4v) is 2.43. The molecule has 1 saturated heterocycles. The predicted molar refractivity (Wildman–Crippen MR) is 71.7 cm³/mol. The summed E-state index contributed by atoms with van der Waals surface area (Å²) in [5, 5.41) is 13.3. The average Bonchev–Trinajstić information content (AvgIpc) is 3.02. The van der Waals surface area contributed by atoms with Gasteiger partial charge < -0.3 is 10.0 Å². The van der Waals surface area contributed by atoms with Gasteiger partial charge in [-0.2, -0.15) is 5.10 Å². The van der Waals surface area contributed by atoms with Crippen LogP contribution in [0.1, 0.15) is 12.8 Å². The lowest BCUT2D eigenvalue weighted by molar-refractivity contribution is -0.141. The summed E-state index contributed by atoms with van der Waals surface area (Å²) in [6, 6.07) is 3.65. The van der Waals surface area contributed by atoms with Crippen molar-refractivity contribution in [3.63, 3.8) is 0 Å². The highest BCUT2D eigenvalue weighted by atomic mass is 16.4. The second-order valence-corrected chi connectivity index (χ2v) is 4.81. The maximum Gasteiger partial charge on any atom is 0.308 e. The van der Waals surface area contributed by atoms with E-state index in [4.69, 9.17) is 5.11 Å². The molecule has 0 radical (unpaired) electrons. The van der Waals surface area contributed by atoms with Gasteiger partial charge in [0.05, 0.1) is 5.92 Å². The number of carboxylic acids is 1. The third-order valence-corrected chi connectivity index (χ3v) is 3.47. The summed E-state index contributed by atoms with van der Waals surface area (Å²) >= 11 is 0. The van der Waals surface area contributed by atoms with E-state index in [1.54, 1.807) is 10.9 Å². The van der Waals surface area contributed by atoms with Crippen LogP contribution in [0, 0.1) is 5.92 Å². The number of carbonyl (C=O) groups is 1. The summed E-state index contributed by atoms with van der Waals surface area (Å²) in [5.41, 5.74) is 0. The summed E-state index contributed by atoms with van der Waals surface area (Å²) in [6.07, 6.45) is 6.56. The Morgan fingerprint density at radius 1 is 1.35 bits per heavy atom. The number of aromatic nitrogens is 4. The number of carboxylic acid groups (broad SMARTS) is 1. The van der Waals surface area contributed by atoms with E-state index < -0.39 is 5.97 Å². The lowest BCUT2D eigenvalue weighted by atomic mass is 9.98. The van der Waals surface area contributed by atoms with Gasteiger partial charge in [-0.15, -0.1) is 0 Å². The van der Waals surface area contributed by atoms with E-state index in [9.17, 15) is 4.79 Å². The van der Waals surface area contributed by atoms with Gasteiger partial charge in [0.25, 0.3) is 0 Å². The van der Waals surface area contributed by atoms with Crippen LogP contribution in [0.5, 0.6) is 0 Å². The topological polar surface area (TPSA) is 84.1 Å². The minimum atomic E-state index is -0.740. The second kappa shape index (κ2) is 5.28. The Morgan fingerprint density at radius 3 is 2.95 bits per heavy atom. The smallest absolute Gasteiger partial charge is 0.308 e. The lowest BCUT2D eigenvalue weighted by Crippen LogP contribution is -2.39. The molecule has 1 aliphatic rings. The Kier molecular flexibility index (Phi) is 3.32. The van der Waals surface area contributed by atoms with Crippen LogP contribution in [-0.4, -0.2) is 43.9 Å². The first-order chi connectivity index (χ1) is 9.74. The van der Waals surface area contributed by atoms with Gasteiger partial charge in [-0.25, -0.2) is 14.6 Å². The van der Waals surface area contributed by atoms with Crippen molar-refractivity contribution in [3.05, 3.63) is 30.9 Å². The number of hydrogen-bond donors (Lipinski definition) is 1. The maximum atomic E-state index is 11.1. The van der Waals surface area contributed by atoms with Crippen molar-refractivity contribution >= 4 is 11.8 Å². The number of hydrogen-bond acceptors (Lipinski definition) is 5. The van der Waals surface area contributed by atoms with Crippen LogP contribution in [0.25, 0.3) is 5.82 Å². The first-order valence-electron chi connectivity index (χ1n) is 6.54. The van der Waals surface area contributed by atoms with Gasteiger partial charge in [0.1, 0.15) is 12.1 Å². The minimum Gasteiger partial charge on any atom is -0.481 e. The highest BCUT2D eigenvalue weighted by Gasteiger charge is 2.26. The Hall–Kier alpha value is -2.44. The van der Waals surface area contributed by atoms with Gasteiger partial charge in [-0.3, -0.25) is 4.79 Å². The largest absolute Gasteiger partial charge is 0.481 e. The van der Waals surface area contributed by atoms with Crippen molar-refractivity contribution in [1.82, 2.24) is 19.7 Å². The Morgan fingerprint density at radius 2 is 2.20 bits per heavy atom. The van der Waals surface area contributed by atoms with Crippen LogP contribution in [-0.2, 0) is 4.79 Å². The zero-order valence-electron chi connectivity index (χ0n) is 10.9. The Balaban J connectivity index is 1.83. The van der Waals surface area contributed by atoms with Crippen molar-refractivity contribution in [2.24, 2.45) is 5.92 Å². The Bertz CT molecular complexity index is 599. The molecule has 1 atom stereocenters.